The zero-order valence-electron chi connectivity index (χ0n) is 14.3. The van der Waals surface area contributed by atoms with Gasteiger partial charge >= 0.3 is 0 Å². The first-order chi connectivity index (χ1) is 12.5. The quantitative estimate of drug-likeness (QED) is 0.913. The van der Waals surface area contributed by atoms with E-state index in [1.807, 2.05) is 0 Å². The fourth-order valence-corrected chi connectivity index (χ4v) is 3.09. The molecule has 1 aliphatic rings. The maximum Gasteiger partial charge on any atom is 0.253 e. The molecule has 0 aromatic heterocycles. The fourth-order valence-electron chi connectivity index (χ4n) is 3.09. The summed E-state index contributed by atoms with van der Waals surface area (Å²) in [5.41, 5.74) is 1.23. The summed E-state index contributed by atoms with van der Waals surface area (Å²) in [5, 5.41) is 2.85. The van der Waals surface area contributed by atoms with Crippen molar-refractivity contribution in [3.8, 4) is 0 Å². The van der Waals surface area contributed by atoms with Crippen LogP contribution in [0.5, 0.6) is 0 Å². The summed E-state index contributed by atoms with van der Waals surface area (Å²) in [6.45, 7) is 1.24. The summed E-state index contributed by atoms with van der Waals surface area (Å²) in [6.07, 6.45) is 1.45. The summed E-state index contributed by atoms with van der Waals surface area (Å²) in [4.78, 5) is 26.6. The molecule has 0 aliphatic carbocycles. The molecule has 136 valence electrons. The minimum absolute atomic E-state index is 0.120. The Balaban J connectivity index is 1.57. The molecule has 1 fully saturated rings. The van der Waals surface area contributed by atoms with Crippen LogP contribution in [-0.4, -0.2) is 29.8 Å². The molecule has 2 aromatic carbocycles. The highest BCUT2D eigenvalue weighted by Gasteiger charge is 2.28. The van der Waals surface area contributed by atoms with Gasteiger partial charge in [0.2, 0.25) is 5.91 Å². The van der Waals surface area contributed by atoms with Crippen LogP contribution < -0.4 is 5.32 Å². The Morgan fingerprint density at radius 3 is 2.27 bits per heavy atom. The van der Waals surface area contributed by atoms with Crippen LogP contribution in [-0.2, 0) is 11.3 Å². The first kappa shape index (κ1) is 18.0. The number of carbonyl (C=O) groups is 2. The molecular weight excluding hydrogens is 338 g/mol. The molecule has 6 heteroatoms. The number of carbonyl (C=O) groups excluding carboxylic acids is 2. The van der Waals surface area contributed by atoms with E-state index >= 15 is 0 Å². The van der Waals surface area contributed by atoms with E-state index in [1.54, 1.807) is 17.0 Å². The van der Waals surface area contributed by atoms with Gasteiger partial charge in [0, 0.05) is 25.2 Å². The fraction of sp³-hybridized carbons (Fsp3) is 0.300. The van der Waals surface area contributed by atoms with Crippen molar-refractivity contribution in [2.75, 3.05) is 13.1 Å². The van der Waals surface area contributed by atoms with Crippen LogP contribution in [0.4, 0.5) is 8.78 Å². The predicted molar refractivity (Wildman–Crippen MR) is 93.3 cm³/mol. The Kier molecular flexibility index (Phi) is 5.61. The standard InChI is InChI=1S/C20H20F2N2O2/c21-17-7-3-14(4-8-17)12-23-19(25)16-2-1-11-24(13-16)20(26)15-5-9-18(22)10-6-15/h3-10,16H,1-2,11-13H2,(H,23,25). The van der Waals surface area contributed by atoms with E-state index in [0.717, 1.165) is 12.0 Å². The van der Waals surface area contributed by atoms with E-state index in [-0.39, 0.29) is 23.5 Å². The van der Waals surface area contributed by atoms with Gasteiger partial charge in [0.05, 0.1) is 5.92 Å². The Morgan fingerprint density at radius 2 is 1.62 bits per heavy atom. The van der Waals surface area contributed by atoms with Gasteiger partial charge in [-0.3, -0.25) is 9.59 Å². The van der Waals surface area contributed by atoms with Crippen LogP contribution >= 0.6 is 0 Å². The maximum atomic E-state index is 13.0. The van der Waals surface area contributed by atoms with Crippen LogP contribution in [0, 0.1) is 17.6 Å². The van der Waals surface area contributed by atoms with Crippen molar-refractivity contribution in [2.45, 2.75) is 19.4 Å². The molecule has 1 unspecified atom stereocenters. The van der Waals surface area contributed by atoms with Gasteiger partial charge in [0.15, 0.2) is 0 Å². The Labute approximate surface area is 150 Å². The van der Waals surface area contributed by atoms with Gasteiger partial charge in [0.1, 0.15) is 11.6 Å². The average Bonchev–Trinajstić information content (AvgIpc) is 2.67. The van der Waals surface area contributed by atoms with Crippen molar-refractivity contribution in [1.82, 2.24) is 10.2 Å². The van der Waals surface area contributed by atoms with Crippen LogP contribution in [0.25, 0.3) is 0 Å². The number of piperidine rings is 1. The number of halogens is 2. The summed E-state index contributed by atoms with van der Waals surface area (Å²) in [5.74, 6) is -1.30. The van der Waals surface area contributed by atoms with Gasteiger partial charge in [0.25, 0.3) is 5.91 Å². The zero-order valence-corrected chi connectivity index (χ0v) is 14.3. The third-order valence-corrected chi connectivity index (χ3v) is 4.55. The monoisotopic (exact) mass is 358 g/mol. The molecule has 1 N–H and O–H groups in total. The molecule has 4 nitrogen and oxygen atoms in total. The molecule has 2 aromatic rings. The number of hydrogen-bond donors (Lipinski definition) is 1. The number of benzene rings is 2. The topological polar surface area (TPSA) is 49.4 Å². The molecule has 0 bridgehead atoms. The van der Waals surface area contributed by atoms with Gasteiger partial charge in [-0.2, -0.15) is 0 Å². The lowest BCUT2D eigenvalue weighted by molar-refractivity contribution is -0.126. The predicted octanol–water partition coefficient (Wildman–Crippen LogP) is 3.13. The van der Waals surface area contributed by atoms with Crippen LogP contribution in [0.15, 0.2) is 48.5 Å². The average molecular weight is 358 g/mol. The van der Waals surface area contributed by atoms with Crippen molar-refractivity contribution in [2.24, 2.45) is 5.92 Å². The van der Waals surface area contributed by atoms with Gasteiger partial charge in [-0.05, 0) is 54.8 Å². The largest absolute Gasteiger partial charge is 0.352 e. The lowest BCUT2D eigenvalue weighted by Gasteiger charge is -2.32. The molecular formula is C20H20F2N2O2. The molecule has 0 saturated carbocycles. The smallest absolute Gasteiger partial charge is 0.253 e. The van der Waals surface area contributed by atoms with E-state index in [4.69, 9.17) is 0 Å². The second-order valence-corrected chi connectivity index (χ2v) is 6.44. The molecule has 1 saturated heterocycles. The van der Waals surface area contributed by atoms with Gasteiger partial charge in [-0.25, -0.2) is 8.78 Å². The number of likely N-dealkylation sites (tertiary alicyclic amines) is 1. The van der Waals surface area contributed by atoms with E-state index in [9.17, 15) is 18.4 Å². The SMILES string of the molecule is O=C(NCc1ccc(F)cc1)C1CCCN(C(=O)c2ccc(F)cc2)C1. The summed E-state index contributed by atoms with van der Waals surface area (Å²) in [7, 11) is 0. The molecule has 1 atom stereocenters. The highest BCUT2D eigenvalue weighted by molar-refractivity contribution is 5.94. The van der Waals surface area contributed by atoms with Crippen molar-refractivity contribution >= 4 is 11.8 Å². The van der Waals surface area contributed by atoms with Gasteiger partial charge < -0.3 is 10.2 Å². The highest BCUT2D eigenvalue weighted by atomic mass is 19.1. The Hall–Kier alpha value is -2.76. The van der Waals surface area contributed by atoms with E-state index in [2.05, 4.69) is 5.32 Å². The number of rotatable bonds is 4. The number of amides is 2. The maximum absolute atomic E-state index is 13.0. The highest BCUT2D eigenvalue weighted by Crippen LogP contribution is 2.19. The third-order valence-electron chi connectivity index (χ3n) is 4.55. The second-order valence-electron chi connectivity index (χ2n) is 6.44. The lowest BCUT2D eigenvalue weighted by Crippen LogP contribution is -2.45. The van der Waals surface area contributed by atoms with Crippen molar-refractivity contribution in [1.29, 1.82) is 0 Å². The molecule has 0 radical (unpaired) electrons. The van der Waals surface area contributed by atoms with Crippen LogP contribution in [0.3, 0.4) is 0 Å². The zero-order chi connectivity index (χ0) is 18.5. The Morgan fingerprint density at radius 1 is 1.00 bits per heavy atom. The Bertz CT molecular complexity index is 775. The third kappa shape index (κ3) is 4.45. The van der Waals surface area contributed by atoms with Gasteiger partial charge in [-0.15, -0.1) is 0 Å². The normalized spacial score (nSPS) is 17.0. The molecule has 1 aliphatic heterocycles. The van der Waals surface area contributed by atoms with Crippen molar-refractivity contribution in [3.63, 3.8) is 0 Å². The van der Waals surface area contributed by atoms with Crippen molar-refractivity contribution < 1.29 is 18.4 Å². The lowest BCUT2D eigenvalue weighted by atomic mass is 9.96. The minimum atomic E-state index is -0.391. The number of hydrogen-bond acceptors (Lipinski definition) is 2. The van der Waals surface area contributed by atoms with E-state index in [0.29, 0.717) is 31.6 Å². The molecule has 2 amide bonds. The molecule has 3 rings (SSSR count). The minimum Gasteiger partial charge on any atom is -0.352 e. The summed E-state index contributed by atoms with van der Waals surface area (Å²) in [6, 6.07) is 11.4. The number of nitrogens with one attached hydrogen (secondary N) is 1. The second kappa shape index (κ2) is 8.08. The first-order valence-electron chi connectivity index (χ1n) is 8.60. The first-order valence-corrected chi connectivity index (χ1v) is 8.60. The van der Waals surface area contributed by atoms with E-state index in [1.165, 1.54) is 36.4 Å². The van der Waals surface area contributed by atoms with Crippen molar-refractivity contribution in [3.05, 3.63) is 71.3 Å². The molecule has 26 heavy (non-hydrogen) atoms. The van der Waals surface area contributed by atoms with Crippen LogP contribution in [0.2, 0.25) is 0 Å². The molecule has 0 spiro atoms. The molecule has 1 heterocycles. The van der Waals surface area contributed by atoms with Gasteiger partial charge in [-0.1, -0.05) is 12.1 Å². The summed E-state index contributed by atoms with van der Waals surface area (Å²) < 4.78 is 25.9. The van der Waals surface area contributed by atoms with E-state index < -0.39 is 5.82 Å². The summed E-state index contributed by atoms with van der Waals surface area (Å²) >= 11 is 0. The van der Waals surface area contributed by atoms with Crippen LogP contribution in [0.1, 0.15) is 28.8 Å². The number of nitrogens with zero attached hydrogens (tertiary/aromatic N) is 1.